The Hall–Kier alpha value is -1.43. The van der Waals surface area contributed by atoms with Crippen molar-refractivity contribution in [1.82, 2.24) is 0 Å². The van der Waals surface area contributed by atoms with Crippen LogP contribution in [0.15, 0.2) is 16.5 Å². The molecule has 0 saturated carbocycles. The molecule has 0 aliphatic rings. The average molecular weight is 258 g/mol. The van der Waals surface area contributed by atoms with Crippen LogP contribution in [-0.4, -0.2) is 29.4 Å². The zero-order valence-corrected chi connectivity index (χ0v) is 10.5. The normalized spacial score (nSPS) is 12.1. The predicted molar refractivity (Wildman–Crippen MR) is 63.1 cm³/mol. The Morgan fingerprint density at radius 1 is 1.53 bits per heavy atom. The van der Waals surface area contributed by atoms with E-state index in [2.05, 4.69) is 4.74 Å². The number of methoxy groups -OCH3 is 1. The van der Waals surface area contributed by atoms with Crippen LogP contribution >= 0.6 is 11.8 Å². The molecule has 6 heteroatoms. The minimum absolute atomic E-state index is 0.131. The quantitative estimate of drug-likeness (QED) is 0.788. The summed E-state index contributed by atoms with van der Waals surface area (Å²) < 4.78 is 9.72. The smallest absolute Gasteiger partial charge is 0.373 e. The molecule has 1 aromatic heterocycles. The highest BCUT2D eigenvalue weighted by Gasteiger charge is 2.17. The molecular formula is C11H14O5S. The second kappa shape index (κ2) is 6.34. The zero-order valence-electron chi connectivity index (χ0n) is 9.63. The molecular weight excluding hydrogens is 244 g/mol. The number of rotatable bonds is 6. The third kappa shape index (κ3) is 3.81. The van der Waals surface area contributed by atoms with E-state index in [1.165, 1.54) is 24.9 Å². The summed E-state index contributed by atoms with van der Waals surface area (Å²) in [4.78, 5) is 21.9. The lowest BCUT2D eigenvalue weighted by Crippen LogP contribution is -2.14. The van der Waals surface area contributed by atoms with E-state index in [4.69, 9.17) is 9.52 Å². The molecule has 0 amide bonds. The lowest BCUT2D eigenvalue weighted by molar-refractivity contribution is -0.136. The summed E-state index contributed by atoms with van der Waals surface area (Å²) in [6, 6.07) is 3.16. The number of hydrogen-bond donors (Lipinski definition) is 1. The Morgan fingerprint density at radius 2 is 2.24 bits per heavy atom. The maximum absolute atomic E-state index is 11.1. The van der Waals surface area contributed by atoms with Crippen LogP contribution < -0.4 is 0 Å². The van der Waals surface area contributed by atoms with Gasteiger partial charge in [0.1, 0.15) is 11.0 Å². The van der Waals surface area contributed by atoms with E-state index in [0.717, 1.165) is 0 Å². The zero-order chi connectivity index (χ0) is 12.8. The summed E-state index contributed by atoms with van der Waals surface area (Å²) in [6.07, 6.45) is 0.546. The second-order valence-electron chi connectivity index (χ2n) is 3.30. The van der Waals surface area contributed by atoms with E-state index in [-0.39, 0.29) is 5.76 Å². The van der Waals surface area contributed by atoms with Crippen LogP contribution in [0, 0.1) is 0 Å². The van der Waals surface area contributed by atoms with Gasteiger partial charge < -0.3 is 14.3 Å². The molecule has 0 spiro atoms. The number of ether oxygens (including phenoxy) is 1. The Kier molecular flexibility index (Phi) is 5.09. The number of hydrogen-bond acceptors (Lipinski definition) is 5. The van der Waals surface area contributed by atoms with Crippen molar-refractivity contribution in [2.75, 3.05) is 7.11 Å². The largest absolute Gasteiger partial charge is 0.480 e. The number of carboxylic acids is 1. The first-order valence-corrected chi connectivity index (χ1v) is 6.14. The van der Waals surface area contributed by atoms with Gasteiger partial charge in [-0.25, -0.2) is 4.79 Å². The van der Waals surface area contributed by atoms with Crippen LogP contribution in [0.5, 0.6) is 0 Å². The highest BCUT2D eigenvalue weighted by molar-refractivity contribution is 7.99. The lowest BCUT2D eigenvalue weighted by atomic mass is 10.3. The topological polar surface area (TPSA) is 76.7 Å². The van der Waals surface area contributed by atoms with Crippen molar-refractivity contribution in [3.8, 4) is 0 Å². The maximum atomic E-state index is 11.1. The third-order valence-corrected chi connectivity index (χ3v) is 3.51. The SMILES string of the molecule is CCC(SCc1ccc(C(=O)OC)o1)C(=O)O. The first-order chi connectivity index (χ1) is 8.08. The van der Waals surface area contributed by atoms with E-state index in [1.54, 1.807) is 6.07 Å². The number of aliphatic carboxylic acids is 1. The maximum Gasteiger partial charge on any atom is 0.373 e. The standard InChI is InChI=1S/C11H14O5S/c1-3-9(10(12)13)17-6-7-4-5-8(16-7)11(14)15-2/h4-5,9H,3,6H2,1-2H3,(H,12,13). The van der Waals surface area contributed by atoms with Crippen molar-refractivity contribution in [1.29, 1.82) is 0 Å². The Balaban J connectivity index is 2.55. The van der Waals surface area contributed by atoms with E-state index in [0.29, 0.717) is 17.9 Å². The molecule has 0 aliphatic carbocycles. The molecule has 1 aromatic rings. The number of furan rings is 1. The van der Waals surface area contributed by atoms with Gasteiger partial charge in [-0.1, -0.05) is 6.92 Å². The van der Waals surface area contributed by atoms with Gasteiger partial charge >= 0.3 is 11.9 Å². The van der Waals surface area contributed by atoms with Gasteiger partial charge in [-0.05, 0) is 18.6 Å². The van der Waals surface area contributed by atoms with Crippen molar-refractivity contribution in [2.45, 2.75) is 24.3 Å². The predicted octanol–water partition coefficient (Wildman–Crippen LogP) is 2.16. The molecule has 1 atom stereocenters. The molecule has 1 heterocycles. The van der Waals surface area contributed by atoms with Gasteiger partial charge in [0, 0.05) is 0 Å². The number of carbonyl (C=O) groups is 2. The van der Waals surface area contributed by atoms with Crippen molar-refractivity contribution in [2.24, 2.45) is 0 Å². The fourth-order valence-electron chi connectivity index (χ4n) is 1.21. The van der Waals surface area contributed by atoms with Gasteiger partial charge in [0.2, 0.25) is 5.76 Å². The number of carboxylic acid groups (broad SMARTS) is 1. The Bertz CT molecular complexity index is 398. The summed E-state index contributed by atoms with van der Waals surface area (Å²) in [5.74, 6) is -0.257. The van der Waals surface area contributed by atoms with Gasteiger partial charge in [-0.2, -0.15) is 0 Å². The van der Waals surface area contributed by atoms with Gasteiger partial charge in [0.15, 0.2) is 0 Å². The Morgan fingerprint density at radius 3 is 2.76 bits per heavy atom. The molecule has 0 saturated heterocycles. The molecule has 94 valence electrons. The molecule has 0 radical (unpaired) electrons. The molecule has 0 bridgehead atoms. The van der Waals surface area contributed by atoms with E-state index in [9.17, 15) is 9.59 Å². The number of thioether (sulfide) groups is 1. The monoisotopic (exact) mass is 258 g/mol. The van der Waals surface area contributed by atoms with E-state index < -0.39 is 17.2 Å². The summed E-state index contributed by atoms with van der Waals surface area (Å²) in [5.41, 5.74) is 0. The lowest BCUT2D eigenvalue weighted by Gasteiger charge is -2.07. The van der Waals surface area contributed by atoms with Crippen LogP contribution in [0.25, 0.3) is 0 Å². The summed E-state index contributed by atoms with van der Waals surface area (Å²) in [5, 5.41) is 8.40. The third-order valence-electron chi connectivity index (χ3n) is 2.12. The van der Waals surface area contributed by atoms with Crippen LogP contribution in [-0.2, 0) is 15.3 Å². The van der Waals surface area contributed by atoms with Crippen molar-refractivity contribution < 1.29 is 23.8 Å². The molecule has 5 nitrogen and oxygen atoms in total. The fourth-order valence-corrected chi connectivity index (χ4v) is 2.11. The van der Waals surface area contributed by atoms with E-state index >= 15 is 0 Å². The minimum Gasteiger partial charge on any atom is -0.480 e. The number of carbonyl (C=O) groups excluding carboxylic acids is 1. The first kappa shape index (κ1) is 13.6. The minimum atomic E-state index is -0.836. The fraction of sp³-hybridized carbons (Fsp3) is 0.455. The Labute approximate surface area is 103 Å². The van der Waals surface area contributed by atoms with Gasteiger partial charge in [-0.3, -0.25) is 4.79 Å². The van der Waals surface area contributed by atoms with Crippen LogP contribution in [0.4, 0.5) is 0 Å². The van der Waals surface area contributed by atoms with Crippen molar-refractivity contribution in [3.05, 3.63) is 23.7 Å². The molecule has 1 rings (SSSR count). The highest BCUT2D eigenvalue weighted by Crippen LogP contribution is 2.22. The molecule has 1 unspecified atom stereocenters. The van der Waals surface area contributed by atoms with Crippen LogP contribution in [0.2, 0.25) is 0 Å². The molecule has 0 aromatic carbocycles. The highest BCUT2D eigenvalue weighted by atomic mass is 32.2. The first-order valence-electron chi connectivity index (χ1n) is 5.10. The van der Waals surface area contributed by atoms with Gasteiger partial charge in [0.25, 0.3) is 0 Å². The molecule has 0 fully saturated rings. The second-order valence-corrected chi connectivity index (χ2v) is 4.49. The summed E-state index contributed by atoms with van der Waals surface area (Å²) in [7, 11) is 1.27. The molecule has 17 heavy (non-hydrogen) atoms. The van der Waals surface area contributed by atoms with Gasteiger partial charge in [0.05, 0.1) is 12.9 Å². The van der Waals surface area contributed by atoms with Crippen LogP contribution in [0.1, 0.15) is 29.7 Å². The van der Waals surface area contributed by atoms with Crippen molar-refractivity contribution >= 4 is 23.7 Å². The summed E-state index contributed by atoms with van der Waals surface area (Å²) in [6.45, 7) is 1.81. The average Bonchev–Trinajstić information content (AvgIpc) is 2.77. The van der Waals surface area contributed by atoms with Crippen LogP contribution in [0.3, 0.4) is 0 Å². The van der Waals surface area contributed by atoms with Crippen molar-refractivity contribution in [3.63, 3.8) is 0 Å². The molecule has 0 aliphatic heterocycles. The summed E-state index contributed by atoms with van der Waals surface area (Å²) >= 11 is 1.27. The molecule has 1 N–H and O–H groups in total. The van der Waals surface area contributed by atoms with E-state index in [1.807, 2.05) is 6.92 Å². The van der Waals surface area contributed by atoms with Gasteiger partial charge in [-0.15, -0.1) is 11.8 Å². The number of esters is 1.